The van der Waals surface area contributed by atoms with Crippen molar-refractivity contribution < 1.29 is 9.42 Å². The number of nitrogens with zero attached hydrogens (tertiary/aromatic N) is 7. The fourth-order valence-corrected chi connectivity index (χ4v) is 4.16. The highest BCUT2D eigenvalue weighted by Gasteiger charge is 2.27. The maximum absolute atomic E-state index is 13.2. The molecule has 1 amide bonds. The number of rotatable bonds is 5. The van der Waals surface area contributed by atoms with E-state index in [1.165, 1.54) is 16.7 Å². The van der Waals surface area contributed by atoms with Gasteiger partial charge in [-0.2, -0.15) is 9.78 Å². The Morgan fingerprint density at radius 2 is 2.00 bits per heavy atom. The molecule has 3 aromatic rings. The molecule has 3 N–H and O–H groups in total. The number of carbonyl (C=O) groups excluding carboxylic acids is 1. The predicted octanol–water partition coefficient (Wildman–Crippen LogP) is 1.30. The molecule has 3 heterocycles. The van der Waals surface area contributed by atoms with Gasteiger partial charge in [-0.3, -0.25) is 9.69 Å². The second kappa shape index (κ2) is 8.26. The van der Waals surface area contributed by atoms with Gasteiger partial charge in [0, 0.05) is 12.1 Å². The van der Waals surface area contributed by atoms with Crippen LogP contribution in [0.3, 0.4) is 0 Å². The van der Waals surface area contributed by atoms with Gasteiger partial charge in [0.1, 0.15) is 5.69 Å². The quantitative estimate of drug-likeness (QED) is 0.587. The molecule has 5 rings (SSSR count). The predicted molar refractivity (Wildman–Crippen MR) is 112 cm³/mol. The minimum Gasteiger partial charge on any atom is -0.378 e. The van der Waals surface area contributed by atoms with Crippen molar-refractivity contribution in [3.8, 4) is 5.82 Å². The van der Waals surface area contributed by atoms with Crippen molar-refractivity contribution in [1.29, 1.82) is 0 Å². The molecule has 0 radical (unpaired) electrons. The lowest BCUT2D eigenvalue weighted by atomic mass is 10.1. The van der Waals surface area contributed by atoms with E-state index in [0.29, 0.717) is 12.2 Å². The SMILES string of the molecule is Nc1nonc1-n1nnc(CN2CCCCC2)c1C(=O)N/N=C1\CCc2ccccc21. The van der Waals surface area contributed by atoms with Crippen LogP contribution >= 0.6 is 0 Å². The molecule has 2 aromatic heterocycles. The number of fused-ring (bicyclic) bond motifs is 1. The Labute approximate surface area is 178 Å². The third-order valence-corrected chi connectivity index (χ3v) is 5.73. The summed E-state index contributed by atoms with van der Waals surface area (Å²) in [5.74, 6) is -0.280. The molecule has 2 aliphatic rings. The minimum atomic E-state index is -0.434. The zero-order valence-corrected chi connectivity index (χ0v) is 17.0. The van der Waals surface area contributed by atoms with E-state index in [1.54, 1.807) is 0 Å². The van der Waals surface area contributed by atoms with Crippen molar-refractivity contribution in [2.45, 2.75) is 38.6 Å². The van der Waals surface area contributed by atoms with E-state index in [0.717, 1.165) is 50.0 Å². The highest BCUT2D eigenvalue weighted by molar-refractivity contribution is 6.05. The summed E-state index contributed by atoms with van der Waals surface area (Å²) in [5.41, 5.74) is 12.4. The van der Waals surface area contributed by atoms with Crippen molar-refractivity contribution in [2.75, 3.05) is 18.8 Å². The normalized spacial score (nSPS) is 17.7. The van der Waals surface area contributed by atoms with Gasteiger partial charge >= 0.3 is 0 Å². The Bertz CT molecular complexity index is 1130. The van der Waals surface area contributed by atoms with Crippen LogP contribution in [0.1, 0.15) is 53.0 Å². The monoisotopic (exact) mass is 421 g/mol. The number of carbonyl (C=O) groups is 1. The second-order valence-corrected chi connectivity index (χ2v) is 7.76. The Balaban J connectivity index is 1.44. The lowest BCUT2D eigenvalue weighted by Crippen LogP contribution is -2.31. The molecule has 0 spiro atoms. The van der Waals surface area contributed by atoms with E-state index in [2.05, 4.69) is 42.1 Å². The first kappa shape index (κ1) is 19.4. The number of amides is 1. The number of hydrogen-bond donors (Lipinski definition) is 2. The Morgan fingerprint density at radius 3 is 2.81 bits per heavy atom. The standard InChI is InChI=1S/C20H23N9O2/c21-18-19(26-31-25-18)29-17(16(23-27-29)12-28-10-4-1-5-11-28)20(30)24-22-15-9-8-13-6-2-3-7-14(13)15/h2-3,6-7H,1,4-5,8-12H2,(H2,21,25)(H,24,30)/b22-15+. The summed E-state index contributed by atoms with van der Waals surface area (Å²) in [6.45, 7) is 2.43. The number of nitrogens with two attached hydrogens (primary N) is 1. The van der Waals surface area contributed by atoms with Crippen LogP contribution in [0, 0.1) is 0 Å². The number of aromatic nitrogens is 5. The van der Waals surface area contributed by atoms with E-state index >= 15 is 0 Å². The van der Waals surface area contributed by atoms with Crippen LogP contribution in [-0.2, 0) is 13.0 Å². The molecule has 1 aliphatic heterocycles. The summed E-state index contributed by atoms with van der Waals surface area (Å²) in [4.78, 5) is 15.5. The molecule has 11 nitrogen and oxygen atoms in total. The molecule has 0 saturated carbocycles. The van der Waals surface area contributed by atoms with Gasteiger partial charge in [-0.05, 0) is 54.6 Å². The number of hydrogen-bond acceptors (Lipinski definition) is 9. The Morgan fingerprint density at radius 1 is 1.16 bits per heavy atom. The molecule has 160 valence electrons. The van der Waals surface area contributed by atoms with E-state index in [1.807, 2.05) is 18.2 Å². The molecular formula is C20H23N9O2. The summed E-state index contributed by atoms with van der Waals surface area (Å²) in [6, 6.07) is 8.07. The molecule has 1 saturated heterocycles. The van der Waals surface area contributed by atoms with Crippen LogP contribution in [0.5, 0.6) is 0 Å². The first-order valence-corrected chi connectivity index (χ1v) is 10.4. The van der Waals surface area contributed by atoms with Gasteiger partial charge < -0.3 is 5.73 Å². The van der Waals surface area contributed by atoms with Gasteiger partial charge in [0.05, 0.1) is 5.71 Å². The maximum atomic E-state index is 13.2. The van der Waals surface area contributed by atoms with Crippen LogP contribution in [0.2, 0.25) is 0 Å². The Hall–Kier alpha value is -3.60. The second-order valence-electron chi connectivity index (χ2n) is 7.76. The summed E-state index contributed by atoms with van der Waals surface area (Å²) >= 11 is 0. The lowest BCUT2D eigenvalue weighted by molar-refractivity contribution is 0.0944. The number of nitrogens with one attached hydrogen (secondary N) is 1. The fourth-order valence-electron chi connectivity index (χ4n) is 4.16. The molecular weight excluding hydrogens is 398 g/mol. The number of benzene rings is 1. The molecule has 31 heavy (non-hydrogen) atoms. The number of nitrogen functional groups attached to an aromatic ring is 1. The molecule has 0 unspecified atom stereocenters. The molecule has 0 bridgehead atoms. The van der Waals surface area contributed by atoms with Crippen molar-refractivity contribution in [3.63, 3.8) is 0 Å². The molecule has 1 aliphatic carbocycles. The average Bonchev–Trinajstić information content (AvgIpc) is 3.51. The van der Waals surface area contributed by atoms with Crippen LogP contribution in [0.15, 0.2) is 34.0 Å². The van der Waals surface area contributed by atoms with E-state index in [9.17, 15) is 4.79 Å². The average molecular weight is 421 g/mol. The minimum absolute atomic E-state index is 0.0273. The summed E-state index contributed by atoms with van der Waals surface area (Å²) in [7, 11) is 0. The van der Waals surface area contributed by atoms with Gasteiger partial charge in [-0.1, -0.05) is 35.9 Å². The van der Waals surface area contributed by atoms with Crippen LogP contribution in [-0.4, -0.2) is 54.9 Å². The molecule has 11 heteroatoms. The molecule has 1 aromatic carbocycles. The number of piperidine rings is 1. The van der Waals surface area contributed by atoms with Crippen LogP contribution in [0.25, 0.3) is 5.82 Å². The number of likely N-dealkylation sites (tertiary alicyclic amines) is 1. The third kappa shape index (κ3) is 3.79. The van der Waals surface area contributed by atoms with Crippen molar-refractivity contribution in [3.05, 3.63) is 46.8 Å². The van der Waals surface area contributed by atoms with E-state index in [4.69, 9.17) is 10.4 Å². The van der Waals surface area contributed by atoms with Crippen LogP contribution in [0.4, 0.5) is 5.82 Å². The van der Waals surface area contributed by atoms with Gasteiger partial charge in [-0.15, -0.1) is 5.10 Å². The lowest BCUT2D eigenvalue weighted by Gasteiger charge is -2.25. The third-order valence-electron chi connectivity index (χ3n) is 5.73. The largest absolute Gasteiger partial charge is 0.378 e. The fraction of sp³-hybridized carbons (Fsp3) is 0.400. The van der Waals surface area contributed by atoms with Gasteiger partial charge in [0.15, 0.2) is 5.69 Å². The van der Waals surface area contributed by atoms with Gasteiger partial charge in [-0.25, -0.2) is 10.1 Å². The first-order chi connectivity index (χ1) is 15.2. The first-order valence-electron chi connectivity index (χ1n) is 10.4. The molecule has 1 fully saturated rings. The van der Waals surface area contributed by atoms with Crippen molar-refractivity contribution in [1.82, 2.24) is 35.6 Å². The zero-order valence-electron chi connectivity index (χ0n) is 17.0. The smallest absolute Gasteiger partial charge is 0.292 e. The van der Waals surface area contributed by atoms with Crippen LogP contribution < -0.4 is 11.2 Å². The summed E-state index contributed by atoms with van der Waals surface area (Å²) in [6.07, 6.45) is 5.16. The molecule has 0 atom stereocenters. The highest BCUT2D eigenvalue weighted by Crippen LogP contribution is 2.22. The topological polar surface area (TPSA) is 140 Å². The maximum Gasteiger partial charge on any atom is 0.292 e. The van der Waals surface area contributed by atoms with E-state index < -0.39 is 5.91 Å². The van der Waals surface area contributed by atoms with Gasteiger partial charge in [0.25, 0.3) is 5.91 Å². The van der Waals surface area contributed by atoms with Crippen molar-refractivity contribution >= 4 is 17.4 Å². The number of anilines is 1. The van der Waals surface area contributed by atoms with Crippen molar-refractivity contribution in [2.24, 2.45) is 5.10 Å². The highest BCUT2D eigenvalue weighted by atomic mass is 16.6. The Kier molecular flexibility index (Phi) is 5.16. The zero-order chi connectivity index (χ0) is 21.2. The van der Waals surface area contributed by atoms with E-state index in [-0.39, 0.29) is 17.3 Å². The number of hydrazone groups is 1. The van der Waals surface area contributed by atoms with Gasteiger partial charge in [0.2, 0.25) is 11.6 Å². The summed E-state index contributed by atoms with van der Waals surface area (Å²) < 4.78 is 5.96. The summed E-state index contributed by atoms with van der Waals surface area (Å²) in [5, 5.41) is 20.1. The number of aryl methyl sites for hydroxylation is 1.